The molecule has 0 saturated heterocycles. The van der Waals surface area contributed by atoms with E-state index in [4.69, 9.17) is 4.74 Å². The molecule has 0 aromatic rings. The molecule has 0 aromatic heterocycles. The topological polar surface area (TPSA) is 55.4 Å². The SMILES string of the molecule is CCC(CC)CNS(=O)(=O)CCCOC. The molecular weight excluding hydrogens is 214 g/mol. The van der Waals surface area contributed by atoms with Crippen LogP contribution in [0.2, 0.25) is 0 Å². The van der Waals surface area contributed by atoms with Gasteiger partial charge < -0.3 is 4.74 Å². The van der Waals surface area contributed by atoms with Crippen molar-refractivity contribution in [2.24, 2.45) is 5.92 Å². The van der Waals surface area contributed by atoms with Gasteiger partial charge in [-0.3, -0.25) is 0 Å². The van der Waals surface area contributed by atoms with Gasteiger partial charge in [0, 0.05) is 20.3 Å². The van der Waals surface area contributed by atoms with Crippen molar-refractivity contribution in [3.8, 4) is 0 Å². The van der Waals surface area contributed by atoms with E-state index < -0.39 is 10.0 Å². The molecule has 0 unspecified atom stereocenters. The van der Waals surface area contributed by atoms with E-state index in [0.29, 0.717) is 25.5 Å². The van der Waals surface area contributed by atoms with Crippen molar-refractivity contribution in [1.82, 2.24) is 4.72 Å². The highest BCUT2D eigenvalue weighted by Gasteiger charge is 2.11. The molecule has 0 aliphatic carbocycles. The molecule has 0 heterocycles. The van der Waals surface area contributed by atoms with E-state index in [1.165, 1.54) is 0 Å². The molecule has 0 aromatic carbocycles. The molecule has 0 bridgehead atoms. The van der Waals surface area contributed by atoms with Crippen LogP contribution in [0.3, 0.4) is 0 Å². The highest BCUT2D eigenvalue weighted by atomic mass is 32.2. The number of methoxy groups -OCH3 is 1. The van der Waals surface area contributed by atoms with Gasteiger partial charge in [-0.2, -0.15) is 0 Å². The fourth-order valence-corrected chi connectivity index (χ4v) is 2.42. The van der Waals surface area contributed by atoms with E-state index >= 15 is 0 Å². The third-order valence-corrected chi connectivity index (χ3v) is 3.94. The lowest BCUT2D eigenvalue weighted by molar-refractivity contribution is 0.199. The molecule has 0 radical (unpaired) electrons. The summed E-state index contributed by atoms with van der Waals surface area (Å²) in [7, 11) is -1.53. The van der Waals surface area contributed by atoms with Crippen LogP contribution in [0.5, 0.6) is 0 Å². The molecular formula is C10H23NO3S. The molecule has 0 aliphatic heterocycles. The molecule has 0 rings (SSSR count). The van der Waals surface area contributed by atoms with Crippen LogP contribution in [0.25, 0.3) is 0 Å². The predicted molar refractivity (Wildman–Crippen MR) is 62.4 cm³/mol. The number of nitrogens with one attached hydrogen (secondary N) is 1. The van der Waals surface area contributed by atoms with Crippen LogP contribution in [0.15, 0.2) is 0 Å². The third kappa shape index (κ3) is 7.76. The predicted octanol–water partition coefficient (Wildman–Crippen LogP) is 1.38. The van der Waals surface area contributed by atoms with Crippen molar-refractivity contribution in [2.45, 2.75) is 33.1 Å². The van der Waals surface area contributed by atoms with Crippen LogP contribution in [-0.4, -0.2) is 34.4 Å². The summed E-state index contributed by atoms with van der Waals surface area (Å²) >= 11 is 0. The Morgan fingerprint density at radius 1 is 1.27 bits per heavy atom. The highest BCUT2D eigenvalue weighted by molar-refractivity contribution is 7.89. The summed E-state index contributed by atoms with van der Waals surface area (Å²) < 4.78 is 30.4. The molecule has 0 fully saturated rings. The molecule has 0 atom stereocenters. The molecule has 15 heavy (non-hydrogen) atoms. The minimum atomic E-state index is -3.10. The zero-order valence-corrected chi connectivity index (χ0v) is 10.8. The van der Waals surface area contributed by atoms with Gasteiger partial charge in [-0.15, -0.1) is 0 Å². The maximum atomic E-state index is 11.5. The van der Waals surface area contributed by atoms with Crippen molar-refractivity contribution < 1.29 is 13.2 Å². The van der Waals surface area contributed by atoms with E-state index in [2.05, 4.69) is 18.6 Å². The standard InChI is InChI=1S/C10H23NO3S/c1-4-10(5-2)9-11-15(12,13)8-6-7-14-3/h10-11H,4-9H2,1-3H3. The van der Waals surface area contributed by atoms with Gasteiger partial charge in [0.15, 0.2) is 0 Å². The fourth-order valence-electron chi connectivity index (χ4n) is 1.29. The molecule has 4 nitrogen and oxygen atoms in total. The highest BCUT2D eigenvalue weighted by Crippen LogP contribution is 2.06. The van der Waals surface area contributed by atoms with Crippen LogP contribution in [0, 0.1) is 5.92 Å². The zero-order valence-electron chi connectivity index (χ0n) is 9.95. The summed E-state index contributed by atoms with van der Waals surface area (Å²) in [4.78, 5) is 0. The fraction of sp³-hybridized carbons (Fsp3) is 1.00. The molecule has 0 amide bonds. The number of sulfonamides is 1. The minimum Gasteiger partial charge on any atom is -0.385 e. The van der Waals surface area contributed by atoms with Crippen molar-refractivity contribution in [3.05, 3.63) is 0 Å². The molecule has 92 valence electrons. The maximum Gasteiger partial charge on any atom is 0.211 e. The molecule has 5 heteroatoms. The largest absolute Gasteiger partial charge is 0.385 e. The van der Waals surface area contributed by atoms with E-state index in [1.807, 2.05) is 0 Å². The normalized spacial score (nSPS) is 12.3. The Bertz CT molecular complexity index is 235. The number of hydrogen-bond acceptors (Lipinski definition) is 3. The maximum absolute atomic E-state index is 11.5. The van der Waals surface area contributed by atoms with Gasteiger partial charge in [-0.1, -0.05) is 26.7 Å². The Balaban J connectivity index is 3.82. The number of hydrogen-bond donors (Lipinski definition) is 1. The first kappa shape index (κ1) is 14.9. The molecule has 0 saturated carbocycles. The average Bonchev–Trinajstić information content (AvgIpc) is 2.19. The molecule has 1 N–H and O–H groups in total. The van der Waals surface area contributed by atoms with E-state index in [9.17, 15) is 8.42 Å². The summed E-state index contributed by atoms with van der Waals surface area (Å²) in [5.41, 5.74) is 0. The smallest absolute Gasteiger partial charge is 0.211 e. The van der Waals surface area contributed by atoms with Crippen LogP contribution in [0.4, 0.5) is 0 Å². The summed E-state index contributed by atoms with van der Waals surface area (Å²) in [6.07, 6.45) is 2.57. The quantitative estimate of drug-likeness (QED) is 0.616. The second-order valence-corrected chi connectivity index (χ2v) is 5.62. The lowest BCUT2D eigenvalue weighted by Gasteiger charge is -2.13. The number of rotatable bonds is 9. The first-order valence-electron chi connectivity index (χ1n) is 5.52. The number of ether oxygens (including phenoxy) is 1. The van der Waals surface area contributed by atoms with Crippen LogP contribution >= 0.6 is 0 Å². The van der Waals surface area contributed by atoms with Crippen molar-refractivity contribution in [1.29, 1.82) is 0 Å². The lowest BCUT2D eigenvalue weighted by atomic mass is 10.0. The van der Waals surface area contributed by atoms with E-state index in [-0.39, 0.29) is 5.75 Å². The van der Waals surface area contributed by atoms with E-state index in [0.717, 1.165) is 12.8 Å². The Labute approximate surface area is 93.4 Å². The molecule has 0 spiro atoms. The Kier molecular flexibility index (Phi) is 8.00. The van der Waals surface area contributed by atoms with Gasteiger partial charge in [-0.05, 0) is 12.3 Å². The van der Waals surface area contributed by atoms with Crippen molar-refractivity contribution >= 4 is 10.0 Å². The van der Waals surface area contributed by atoms with Crippen molar-refractivity contribution in [2.75, 3.05) is 26.0 Å². The summed E-state index contributed by atoms with van der Waals surface area (Å²) in [6.45, 7) is 5.20. The van der Waals surface area contributed by atoms with Gasteiger partial charge in [0.1, 0.15) is 0 Å². The summed E-state index contributed by atoms with van der Waals surface area (Å²) in [6, 6.07) is 0. The van der Waals surface area contributed by atoms with Crippen LogP contribution < -0.4 is 4.72 Å². The minimum absolute atomic E-state index is 0.154. The zero-order chi connectivity index (χ0) is 11.7. The average molecular weight is 237 g/mol. The van der Waals surface area contributed by atoms with Crippen molar-refractivity contribution in [3.63, 3.8) is 0 Å². The first-order valence-corrected chi connectivity index (χ1v) is 7.17. The Hall–Kier alpha value is -0.130. The van der Waals surface area contributed by atoms with Gasteiger partial charge in [0.05, 0.1) is 5.75 Å². The van der Waals surface area contributed by atoms with Gasteiger partial charge in [-0.25, -0.2) is 13.1 Å². The lowest BCUT2D eigenvalue weighted by Crippen LogP contribution is -2.31. The summed E-state index contributed by atoms with van der Waals surface area (Å²) in [5, 5.41) is 0. The van der Waals surface area contributed by atoms with Crippen LogP contribution in [-0.2, 0) is 14.8 Å². The second-order valence-electron chi connectivity index (χ2n) is 3.70. The van der Waals surface area contributed by atoms with Gasteiger partial charge in [0.2, 0.25) is 10.0 Å². The molecule has 0 aliphatic rings. The van der Waals surface area contributed by atoms with Gasteiger partial charge in [0.25, 0.3) is 0 Å². The first-order chi connectivity index (χ1) is 7.05. The third-order valence-electron chi connectivity index (χ3n) is 2.51. The monoisotopic (exact) mass is 237 g/mol. The summed E-state index contributed by atoms with van der Waals surface area (Å²) in [5.74, 6) is 0.600. The van der Waals surface area contributed by atoms with Crippen LogP contribution in [0.1, 0.15) is 33.1 Å². The van der Waals surface area contributed by atoms with E-state index in [1.54, 1.807) is 7.11 Å². The second kappa shape index (κ2) is 8.07. The Morgan fingerprint density at radius 2 is 1.87 bits per heavy atom. The Morgan fingerprint density at radius 3 is 2.33 bits per heavy atom. The van der Waals surface area contributed by atoms with Gasteiger partial charge >= 0.3 is 0 Å².